The molecule has 3 N–H and O–H groups in total. The summed E-state index contributed by atoms with van der Waals surface area (Å²) in [5, 5.41) is 13.5. The number of benzene rings is 1. The number of thiazole rings is 1. The van der Waals surface area contributed by atoms with Crippen LogP contribution >= 0.6 is 23.6 Å². The van der Waals surface area contributed by atoms with Crippen LogP contribution in [-0.2, 0) is 17.8 Å². The number of aryl methyl sites for hydroxylation is 2. The Morgan fingerprint density at radius 3 is 3.00 bits per heavy atom. The Balaban J connectivity index is 1.54. The van der Waals surface area contributed by atoms with Crippen molar-refractivity contribution in [1.29, 1.82) is 0 Å². The molecule has 0 saturated heterocycles. The van der Waals surface area contributed by atoms with Crippen molar-refractivity contribution in [1.82, 2.24) is 24.7 Å². The van der Waals surface area contributed by atoms with Gasteiger partial charge < -0.3 is 10.3 Å². The minimum atomic E-state index is -0.175. The molecule has 7 nitrogen and oxygen atoms in total. The van der Waals surface area contributed by atoms with E-state index in [2.05, 4.69) is 38.5 Å². The first-order valence-electron chi connectivity index (χ1n) is 9.04. The Morgan fingerprint density at radius 2 is 2.18 bits per heavy atom. The van der Waals surface area contributed by atoms with E-state index in [4.69, 9.17) is 12.2 Å². The van der Waals surface area contributed by atoms with Gasteiger partial charge in [-0.1, -0.05) is 25.1 Å². The SMILES string of the molecule is CCCc1n[nH]c(=S)n1CC(=O)Nc1nc(-c2c(C)[nH]c3ccccc23)cs1. The largest absolute Gasteiger partial charge is 0.358 e. The number of nitrogens with one attached hydrogen (secondary N) is 3. The number of carbonyl (C=O) groups is 1. The van der Waals surface area contributed by atoms with Crippen LogP contribution in [0.5, 0.6) is 0 Å². The summed E-state index contributed by atoms with van der Waals surface area (Å²) in [7, 11) is 0. The first-order valence-corrected chi connectivity index (χ1v) is 10.3. The number of aromatic amines is 2. The summed E-state index contributed by atoms with van der Waals surface area (Å²) in [6.45, 7) is 4.21. The quantitative estimate of drug-likeness (QED) is 0.408. The maximum Gasteiger partial charge on any atom is 0.246 e. The molecule has 3 heterocycles. The molecule has 1 amide bonds. The van der Waals surface area contributed by atoms with Gasteiger partial charge in [0.05, 0.1) is 5.69 Å². The van der Waals surface area contributed by atoms with Crippen LogP contribution in [-0.4, -0.2) is 30.6 Å². The summed E-state index contributed by atoms with van der Waals surface area (Å²) in [5.41, 5.74) is 4.04. The molecule has 144 valence electrons. The summed E-state index contributed by atoms with van der Waals surface area (Å²) in [4.78, 5) is 20.5. The van der Waals surface area contributed by atoms with Crippen LogP contribution in [0.4, 0.5) is 5.13 Å². The van der Waals surface area contributed by atoms with Crippen molar-refractivity contribution in [2.45, 2.75) is 33.2 Å². The highest BCUT2D eigenvalue weighted by molar-refractivity contribution is 7.71. The summed E-state index contributed by atoms with van der Waals surface area (Å²) in [6, 6.07) is 8.13. The highest BCUT2D eigenvalue weighted by Crippen LogP contribution is 2.33. The highest BCUT2D eigenvalue weighted by atomic mass is 32.1. The highest BCUT2D eigenvalue weighted by Gasteiger charge is 2.15. The molecule has 0 spiro atoms. The maximum absolute atomic E-state index is 12.5. The molecule has 0 bridgehead atoms. The first-order chi connectivity index (χ1) is 13.6. The van der Waals surface area contributed by atoms with Crippen molar-refractivity contribution in [2.24, 2.45) is 0 Å². The molecule has 0 aliphatic rings. The van der Waals surface area contributed by atoms with Crippen LogP contribution in [0.2, 0.25) is 0 Å². The Kier molecular flexibility index (Phi) is 5.10. The van der Waals surface area contributed by atoms with Gasteiger partial charge in [0, 0.05) is 34.0 Å². The van der Waals surface area contributed by atoms with Gasteiger partial charge in [-0.3, -0.25) is 14.5 Å². The van der Waals surface area contributed by atoms with Crippen molar-refractivity contribution in [3.8, 4) is 11.3 Å². The number of hydrogen-bond acceptors (Lipinski definition) is 5. The zero-order chi connectivity index (χ0) is 19.7. The van der Waals surface area contributed by atoms with Crippen LogP contribution in [0.1, 0.15) is 24.9 Å². The van der Waals surface area contributed by atoms with Crippen molar-refractivity contribution in [2.75, 3.05) is 5.32 Å². The van der Waals surface area contributed by atoms with Crippen LogP contribution < -0.4 is 5.32 Å². The molecule has 4 aromatic rings. The van der Waals surface area contributed by atoms with Gasteiger partial charge in [-0.2, -0.15) is 5.10 Å². The van der Waals surface area contributed by atoms with Crippen LogP contribution in [0.3, 0.4) is 0 Å². The lowest BCUT2D eigenvalue weighted by Gasteiger charge is -2.05. The minimum Gasteiger partial charge on any atom is -0.358 e. The van der Waals surface area contributed by atoms with Gasteiger partial charge in [-0.25, -0.2) is 4.98 Å². The number of H-pyrrole nitrogens is 2. The molecule has 0 fully saturated rings. The molecular formula is C19H20N6OS2. The summed E-state index contributed by atoms with van der Waals surface area (Å²) in [6.07, 6.45) is 1.70. The molecule has 0 aliphatic carbocycles. The van der Waals surface area contributed by atoms with Crippen molar-refractivity contribution >= 4 is 45.5 Å². The van der Waals surface area contributed by atoms with Crippen LogP contribution in [0.15, 0.2) is 29.6 Å². The Bertz CT molecular complexity index is 1200. The van der Waals surface area contributed by atoms with Gasteiger partial charge in [-0.05, 0) is 31.6 Å². The van der Waals surface area contributed by atoms with E-state index in [1.54, 1.807) is 4.57 Å². The number of anilines is 1. The molecule has 9 heteroatoms. The standard InChI is InChI=1S/C19H20N6OS2/c1-3-6-15-23-24-19(27)25(15)9-16(26)22-18-21-14(10-28-18)17-11(2)20-13-8-5-4-7-12(13)17/h4-5,7-8,10,20H,3,6,9H2,1-2H3,(H,24,27)(H,21,22,26). The predicted octanol–water partition coefficient (Wildman–Crippen LogP) is 4.45. The second-order valence-corrected chi connectivity index (χ2v) is 7.78. The van der Waals surface area contributed by atoms with E-state index in [1.807, 2.05) is 30.5 Å². The summed E-state index contributed by atoms with van der Waals surface area (Å²) < 4.78 is 2.18. The predicted molar refractivity (Wildman–Crippen MR) is 114 cm³/mol. The number of nitrogens with zero attached hydrogens (tertiary/aromatic N) is 3. The minimum absolute atomic E-state index is 0.117. The van der Waals surface area contributed by atoms with Crippen LogP contribution in [0.25, 0.3) is 22.2 Å². The smallest absolute Gasteiger partial charge is 0.246 e. The van der Waals surface area contributed by atoms with Crippen LogP contribution in [0, 0.1) is 11.7 Å². The molecule has 3 aromatic heterocycles. The third-order valence-corrected chi connectivity index (χ3v) is 5.58. The lowest BCUT2D eigenvalue weighted by Crippen LogP contribution is -2.20. The third-order valence-electron chi connectivity index (χ3n) is 4.51. The Labute approximate surface area is 170 Å². The average Bonchev–Trinajstić information content (AvgIpc) is 3.34. The van der Waals surface area contributed by atoms with E-state index in [1.165, 1.54) is 11.3 Å². The number of amides is 1. The van der Waals surface area contributed by atoms with E-state index in [-0.39, 0.29) is 12.5 Å². The Hall–Kier alpha value is -2.78. The number of fused-ring (bicyclic) bond motifs is 1. The zero-order valence-electron chi connectivity index (χ0n) is 15.6. The van der Waals surface area contributed by atoms with Gasteiger partial charge in [0.25, 0.3) is 0 Å². The lowest BCUT2D eigenvalue weighted by molar-refractivity contribution is -0.116. The van der Waals surface area contributed by atoms with E-state index >= 15 is 0 Å². The number of aromatic nitrogens is 5. The maximum atomic E-state index is 12.5. The fraction of sp³-hybridized carbons (Fsp3) is 0.263. The van der Waals surface area contributed by atoms with Gasteiger partial charge in [0.15, 0.2) is 9.90 Å². The molecule has 0 unspecified atom stereocenters. The average molecular weight is 413 g/mol. The van der Waals surface area contributed by atoms with E-state index in [0.29, 0.717) is 9.90 Å². The van der Waals surface area contributed by atoms with Crippen molar-refractivity contribution in [3.05, 3.63) is 45.9 Å². The molecule has 0 radical (unpaired) electrons. The number of hydrogen-bond donors (Lipinski definition) is 3. The zero-order valence-corrected chi connectivity index (χ0v) is 17.2. The van der Waals surface area contributed by atoms with Gasteiger partial charge >= 0.3 is 0 Å². The molecule has 0 atom stereocenters. The van der Waals surface area contributed by atoms with E-state index in [0.717, 1.165) is 46.5 Å². The van der Waals surface area contributed by atoms with E-state index in [9.17, 15) is 4.79 Å². The van der Waals surface area contributed by atoms with Gasteiger partial charge in [0.1, 0.15) is 12.4 Å². The number of rotatable bonds is 6. The molecule has 28 heavy (non-hydrogen) atoms. The topological polar surface area (TPSA) is 91.4 Å². The van der Waals surface area contributed by atoms with Gasteiger partial charge in [0.2, 0.25) is 5.91 Å². The lowest BCUT2D eigenvalue weighted by atomic mass is 10.1. The van der Waals surface area contributed by atoms with Crippen molar-refractivity contribution in [3.63, 3.8) is 0 Å². The molecule has 0 saturated carbocycles. The monoisotopic (exact) mass is 412 g/mol. The molecule has 0 aliphatic heterocycles. The normalized spacial score (nSPS) is 11.2. The molecule has 1 aromatic carbocycles. The Morgan fingerprint density at radius 1 is 1.36 bits per heavy atom. The fourth-order valence-corrected chi connectivity index (χ4v) is 4.22. The molecular weight excluding hydrogens is 392 g/mol. The third kappa shape index (κ3) is 3.50. The number of para-hydroxylation sites is 1. The van der Waals surface area contributed by atoms with Crippen molar-refractivity contribution < 1.29 is 4.79 Å². The second kappa shape index (κ2) is 7.69. The first kappa shape index (κ1) is 18.6. The molecule has 4 rings (SSSR count). The van der Waals surface area contributed by atoms with Gasteiger partial charge in [-0.15, -0.1) is 11.3 Å². The number of carbonyl (C=O) groups excluding carboxylic acids is 1. The summed E-state index contributed by atoms with van der Waals surface area (Å²) in [5.74, 6) is 0.614. The fourth-order valence-electron chi connectivity index (χ4n) is 3.28. The summed E-state index contributed by atoms with van der Waals surface area (Å²) >= 11 is 6.64. The second-order valence-electron chi connectivity index (χ2n) is 6.54. The van der Waals surface area contributed by atoms with E-state index < -0.39 is 0 Å².